The van der Waals surface area contributed by atoms with E-state index in [-0.39, 0.29) is 0 Å². The third-order valence-electron chi connectivity index (χ3n) is 2.63. The fourth-order valence-corrected chi connectivity index (χ4v) is 2.45. The molecular formula is C13H8Br2N2O. The van der Waals surface area contributed by atoms with Crippen molar-refractivity contribution in [3.05, 3.63) is 45.3 Å². The van der Waals surface area contributed by atoms with E-state index < -0.39 is 0 Å². The van der Waals surface area contributed by atoms with Crippen LogP contribution in [-0.2, 0) is 0 Å². The number of fused-ring (bicyclic) bond motifs is 1. The number of anilines is 1. The Balaban J connectivity index is 2.22. The van der Waals surface area contributed by atoms with Gasteiger partial charge < -0.3 is 10.2 Å². The molecule has 1 heterocycles. The fraction of sp³-hybridized carbons (Fsp3) is 0. The van der Waals surface area contributed by atoms with Crippen molar-refractivity contribution in [1.29, 1.82) is 0 Å². The highest BCUT2D eigenvalue weighted by molar-refractivity contribution is 9.10. The van der Waals surface area contributed by atoms with Gasteiger partial charge in [-0.3, -0.25) is 0 Å². The number of nitrogens with zero attached hydrogens (tertiary/aromatic N) is 1. The summed E-state index contributed by atoms with van der Waals surface area (Å²) in [6.45, 7) is 0. The average molecular weight is 368 g/mol. The van der Waals surface area contributed by atoms with Crippen LogP contribution in [0.15, 0.2) is 49.8 Å². The van der Waals surface area contributed by atoms with Crippen LogP contribution in [-0.4, -0.2) is 4.98 Å². The Hall–Kier alpha value is -1.33. The maximum atomic E-state index is 6.01. The van der Waals surface area contributed by atoms with E-state index in [4.69, 9.17) is 10.2 Å². The van der Waals surface area contributed by atoms with Crippen LogP contribution < -0.4 is 5.73 Å². The summed E-state index contributed by atoms with van der Waals surface area (Å²) in [5.41, 5.74) is 8.97. The second kappa shape index (κ2) is 4.40. The number of hydrogen-bond donors (Lipinski definition) is 1. The zero-order valence-corrected chi connectivity index (χ0v) is 12.3. The summed E-state index contributed by atoms with van der Waals surface area (Å²) in [7, 11) is 0. The second-order valence-electron chi connectivity index (χ2n) is 3.83. The lowest BCUT2D eigenvalue weighted by molar-refractivity contribution is 0.620. The average Bonchev–Trinajstić information content (AvgIpc) is 2.75. The third kappa shape index (κ3) is 1.93. The third-order valence-corrected chi connectivity index (χ3v) is 3.82. The number of para-hydroxylation sites is 1. The topological polar surface area (TPSA) is 52.0 Å². The SMILES string of the molecule is Nc1c(Br)cccc1-c1nc2cc(Br)ccc2o1. The zero-order chi connectivity index (χ0) is 12.7. The maximum Gasteiger partial charge on any atom is 0.229 e. The molecule has 0 unspecified atom stereocenters. The fourth-order valence-electron chi connectivity index (χ4n) is 1.74. The smallest absolute Gasteiger partial charge is 0.229 e. The van der Waals surface area contributed by atoms with Gasteiger partial charge in [-0.1, -0.05) is 22.0 Å². The first-order valence-corrected chi connectivity index (χ1v) is 6.84. The van der Waals surface area contributed by atoms with Gasteiger partial charge in [0.1, 0.15) is 5.52 Å². The van der Waals surface area contributed by atoms with E-state index in [0.717, 1.165) is 25.6 Å². The van der Waals surface area contributed by atoms with Gasteiger partial charge in [0.2, 0.25) is 5.89 Å². The molecule has 0 fully saturated rings. The predicted molar refractivity (Wildman–Crippen MR) is 79.3 cm³/mol. The Morgan fingerprint density at radius 3 is 2.78 bits per heavy atom. The molecule has 0 radical (unpaired) electrons. The summed E-state index contributed by atoms with van der Waals surface area (Å²) in [6, 6.07) is 11.4. The van der Waals surface area contributed by atoms with E-state index in [9.17, 15) is 0 Å². The maximum absolute atomic E-state index is 6.01. The van der Waals surface area contributed by atoms with Crippen LogP contribution in [0.3, 0.4) is 0 Å². The highest BCUT2D eigenvalue weighted by Gasteiger charge is 2.12. The minimum Gasteiger partial charge on any atom is -0.436 e. The molecule has 0 amide bonds. The van der Waals surface area contributed by atoms with Gasteiger partial charge in [0, 0.05) is 8.95 Å². The van der Waals surface area contributed by atoms with E-state index >= 15 is 0 Å². The van der Waals surface area contributed by atoms with Crippen molar-refractivity contribution in [3.63, 3.8) is 0 Å². The van der Waals surface area contributed by atoms with Crippen molar-refractivity contribution in [3.8, 4) is 11.5 Å². The normalized spacial score (nSPS) is 11.0. The van der Waals surface area contributed by atoms with Crippen molar-refractivity contribution < 1.29 is 4.42 Å². The van der Waals surface area contributed by atoms with Crippen LogP contribution in [0.2, 0.25) is 0 Å². The molecule has 3 nitrogen and oxygen atoms in total. The first-order chi connectivity index (χ1) is 8.65. The lowest BCUT2D eigenvalue weighted by Gasteiger charge is -2.02. The molecule has 0 aliphatic heterocycles. The van der Waals surface area contributed by atoms with Gasteiger partial charge in [-0.2, -0.15) is 0 Å². The Labute approximate surface area is 120 Å². The van der Waals surface area contributed by atoms with Crippen LogP contribution in [0.4, 0.5) is 5.69 Å². The highest BCUT2D eigenvalue weighted by atomic mass is 79.9. The number of hydrogen-bond acceptors (Lipinski definition) is 3. The number of rotatable bonds is 1. The molecule has 0 aliphatic carbocycles. The summed E-state index contributed by atoms with van der Waals surface area (Å²) < 4.78 is 7.52. The molecule has 18 heavy (non-hydrogen) atoms. The molecule has 0 aliphatic rings. The van der Waals surface area contributed by atoms with Crippen molar-refractivity contribution in [2.75, 3.05) is 5.73 Å². The van der Waals surface area contributed by atoms with E-state index in [1.807, 2.05) is 36.4 Å². The highest BCUT2D eigenvalue weighted by Crippen LogP contribution is 2.33. The van der Waals surface area contributed by atoms with E-state index in [1.54, 1.807) is 0 Å². The predicted octanol–water partition coefficient (Wildman–Crippen LogP) is 4.60. The van der Waals surface area contributed by atoms with Gasteiger partial charge >= 0.3 is 0 Å². The van der Waals surface area contributed by atoms with E-state index in [2.05, 4.69) is 36.8 Å². The molecule has 90 valence electrons. The number of benzene rings is 2. The lowest BCUT2D eigenvalue weighted by Crippen LogP contribution is -1.91. The van der Waals surface area contributed by atoms with Gasteiger partial charge in [0.05, 0.1) is 11.3 Å². The number of nitrogens with two attached hydrogens (primary N) is 1. The molecule has 3 rings (SSSR count). The van der Waals surface area contributed by atoms with Gasteiger partial charge in [-0.05, 0) is 46.3 Å². The molecule has 5 heteroatoms. The van der Waals surface area contributed by atoms with Crippen LogP contribution in [0.1, 0.15) is 0 Å². The summed E-state index contributed by atoms with van der Waals surface area (Å²) in [5.74, 6) is 0.530. The summed E-state index contributed by atoms with van der Waals surface area (Å²) in [4.78, 5) is 4.45. The standard InChI is InChI=1S/C13H8Br2N2O/c14-7-4-5-11-10(6-7)17-13(18-11)8-2-1-3-9(15)12(8)16/h1-6H,16H2. The molecule has 0 atom stereocenters. The molecular weight excluding hydrogens is 360 g/mol. The number of nitrogen functional groups attached to an aromatic ring is 1. The van der Waals surface area contributed by atoms with Gasteiger partial charge in [-0.15, -0.1) is 0 Å². The molecule has 0 saturated carbocycles. The van der Waals surface area contributed by atoms with Crippen LogP contribution >= 0.6 is 31.9 Å². The summed E-state index contributed by atoms with van der Waals surface area (Å²) in [5, 5.41) is 0. The van der Waals surface area contributed by atoms with Gasteiger partial charge in [0.25, 0.3) is 0 Å². The molecule has 1 aromatic heterocycles. The molecule has 0 bridgehead atoms. The Bertz CT molecular complexity index is 737. The van der Waals surface area contributed by atoms with Crippen molar-refractivity contribution in [2.45, 2.75) is 0 Å². The Kier molecular flexibility index (Phi) is 2.87. The molecule has 0 saturated heterocycles. The van der Waals surface area contributed by atoms with E-state index in [1.165, 1.54) is 0 Å². The zero-order valence-electron chi connectivity index (χ0n) is 9.15. The van der Waals surface area contributed by atoms with Gasteiger partial charge in [0.15, 0.2) is 5.58 Å². The number of halogens is 2. The minimum absolute atomic E-state index is 0.530. The summed E-state index contributed by atoms with van der Waals surface area (Å²) in [6.07, 6.45) is 0. The lowest BCUT2D eigenvalue weighted by atomic mass is 10.2. The first-order valence-electron chi connectivity index (χ1n) is 5.25. The molecule has 0 spiro atoms. The molecule has 2 aromatic carbocycles. The van der Waals surface area contributed by atoms with Crippen LogP contribution in [0.25, 0.3) is 22.6 Å². The molecule has 2 N–H and O–H groups in total. The monoisotopic (exact) mass is 366 g/mol. The number of aromatic nitrogens is 1. The molecule has 3 aromatic rings. The quantitative estimate of drug-likeness (QED) is 0.639. The largest absolute Gasteiger partial charge is 0.436 e. The summed E-state index contributed by atoms with van der Waals surface area (Å²) >= 11 is 6.81. The van der Waals surface area contributed by atoms with Crippen LogP contribution in [0.5, 0.6) is 0 Å². The minimum atomic E-state index is 0.530. The first kappa shape index (κ1) is 11.7. The van der Waals surface area contributed by atoms with E-state index in [0.29, 0.717) is 11.6 Å². The van der Waals surface area contributed by atoms with Crippen LogP contribution in [0, 0.1) is 0 Å². The van der Waals surface area contributed by atoms with Gasteiger partial charge in [-0.25, -0.2) is 4.98 Å². The second-order valence-corrected chi connectivity index (χ2v) is 5.60. The van der Waals surface area contributed by atoms with Crippen molar-refractivity contribution in [2.24, 2.45) is 0 Å². The Morgan fingerprint density at radius 1 is 1.11 bits per heavy atom. The van der Waals surface area contributed by atoms with Crippen molar-refractivity contribution >= 4 is 48.6 Å². The Morgan fingerprint density at radius 2 is 1.94 bits per heavy atom. The number of oxazole rings is 1. The van der Waals surface area contributed by atoms with Crippen molar-refractivity contribution in [1.82, 2.24) is 4.98 Å².